The number of aromatic amines is 1. The molecule has 1 aromatic heterocycles. The van der Waals surface area contributed by atoms with Crippen LogP contribution in [-0.4, -0.2) is 21.3 Å². The third-order valence-corrected chi connectivity index (χ3v) is 4.45. The molecule has 0 bridgehead atoms. The van der Waals surface area contributed by atoms with Gasteiger partial charge in [0.25, 0.3) is 11.5 Å². The van der Waals surface area contributed by atoms with Gasteiger partial charge in [-0.05, 0) is 42.5 Å². The van der Waals surface area contributed by atoms with Gasteiger partial charge in [-0.1, -0.05) is 28.1 Å². The van der Waals surface area contributed by atoms with Crippen molar-refractivity contribution in [1.29, 1.82) is 0 Å². The number of hydrogen-bond donors (Lipinski definition) is 2. The number of para-hydroxylation sites is 1. The van der Waals surface area contributed by atoms with Gasteiger partial charge in [-0.3, -0.25) is 9.59 Å². The van der Waals surface area contributed by atoms with E-state index >= 15 is 0 Å². The summed E-state index contributed by atoms with van der Waals surface area (Å²) in [5.74, 6) is -0.377. The van der Waals surface area contributed by atoms with Gasteiger partial charge in [-0.2, -0.15) is 9.78 Å². The lowest BCUT2D eigenvalue weighted by Gasteiger charge is -2.04. The maximum absolute atomic E-state index is 12.7. The lowest BCUT2D eigenvalue weighted by atomic mass is 10.1. The van der Waals surface area contributed by atoms with Crippen LogP contribution in [0.4, 0.5) is 5.69 Å². The molecule has 0 radical (unpaired) electrons. The molecule has 2 aromatic carbocycles. The minimum Gasteiger partial charge on any atom is -0.330 e. The fourth-order valence-corrected chi connectivity index (χ4v) is 3.16. The Kier molecular flexibility index (Phi) is 3.43. The number of carbonyl (C=O) groups is 1. The molecule has 1 aliphatic rings. The van der Waals surface area contributed by atoms with Crippen molar-refractivity contribution in [3.05, 3.63) is 67.6 Å². The SMILES string of the molecule is O=C1Nc2ccc(Br)cc2/C1=N/n1c(=S)[nH]c2ccccc2c1=O. The lowest BCUT2D eigenvalue weighted by Crippen LogP contribution is -2.23. The first-order valence-corrected chi connectivity index (χ1v) is 8.19. The summed E-state index contributed by atoms with van der Waals surface area (Å²) in [6.45, 7) is 0. The minimum absolute atomic E-state index is 0.127. The summed E-state index contributed by atoms with van der Waals surface area (Å²) < 4.78 is 1.98. The Balaban J connectivity index is 1.99. The molecule has 2 N–H and O–H groups in total. The van der Waals surface area contributed by atoms with Crippen molar-refractivity contribution in [1.82, 2.24) is 9.66 Å². The molecule has 0 spiro atoms. The number of nitrogens with one attached hydrogen (secondary N) is 2. The van der Waals surface area contributed by atoms with E-state index in [9.17, 15) is 9.59 Å². The minimum atomic E-state index is -0.377. The molecule has 2 heterocycles. The Bertz CT molecular complexity index is 1160. The predicted molar refractivity (Wildman–Crippen MR) is 98.1 cm³/mol. The van der Waals surface area contributed by atoms with Crippen molar-refractivity contribution in [3.8, 4) is 0 Å². The number of aromatic nitrogens is 2. The number of hydrogen-bond acceptors (Lipinski definition) is 4. The number of rotatable bonds is 1. The van der Waals surface area contributed by atoms with Gasteiger partial charge in [-0.25, -0.2) is 0 Å². The molecule has 8 heteroatoms. The van der Waals surface area contributed by atoms with E-state index in [-0.39, 0.29) is 21.9 Å². The third-order valence-electron chi connectivity index (χ3n) is 3.68. The molecule has 0 aliphatic carbocycles. The Morgan fingerprint density at radius 3 is 2.75 bits per heavy atom. The van der Waals surface area contributed by atoms with Crippen molar-refractivity contribution in [3.63, 3.8) is 0 Å². The maximum atomic E-state index is 12.7. The van der Waals surface area contributed by atoms with E-state index in [0.29, 0.717) is 22.2 Å². The summed E-state index contributed by atoms with van der Waals surface area (Å²) in [5, 5.41) is 7.39. The Labute approximate surface area is 149 Å². The van der Waals surface area contributed by atoms with E-state index in [0.717, 1.165) is 9.15 Å². The number of carbonyl (C=O) groups excluding carboxylic acids is 1. The fourth-order valence-electron chi connectivity index (χ4n) is 2.57. The average molecular weight is 401 g/mol. The monoisotopic (exact) mass is 400 g/mol. The van der Waals surface area contributed by atoms with Crippen LogP contribution < -0.4 is 10.9 Å². The number of amides is 1. The van der Waals surface area contributed by atoms with Crippen LogP contribution in [-0.2, 0) is 4.79 Å². The van der Waals surface area contributed by atoms with E-state index < -0.39 is 0 Å². The average Bonchev–Trinajstić information content (AvgIpc) is 2.86. The molecule has 0 fully saturated rings. The lowest BCUT2D eigenvalue weighted by molar-refractivity contribution is -0.110. The number of anilines is 1. The third kappa shape index (κ3) is 2.31. The maximum Gasteiger partial charge on any atom is 0.282 e. The van der Waals surface area contributed by atoms with Crippen LogP contribution >= 0.6 is 28.1 Å². The van der Waals surface area contributed by atoms with Gasteiger partial charge in [0.15, 0.2) is 5.71 Å². The standard InChI is InChI=1S/C16H9BrN4O2S/c17-8-5-6-12-10(7-8)13(14(22)18-12)20-21-15(23)9-3-1-2-4-11(9)19-16(21)24/h1-7H,(H,19,24)(H,18,20,22). The normalized spacial score (nSPS) is 14.9. The quantitative estimate of drug-likeness (QED) is 0.616. The molecule has 4 rings (SSSR count). The highest BCUT2D eigenvalue weighted by Gasteiger charge is 2.27. The highest BCUT2D eigenvalue weighted by Crippen LogP contribution is 2.26. The van der Waals surface area contributed by atoms with Gasteiger partial charge < -0.3 is 10.3 Å². The van der Waals surface area contributed by atoms with Crippen LogP contribution in [0.2, 0.25) is 0 Å². The van der Waals surface area contributed by atoms with Crippen LogP contribution in [0.5, 0.6) is 0 Å². The van der Waals surface area contributed by atoms with Crippen LogP contribution in [0, 0.1) is 4.77 Å². The second-order valence-corrected chi connectivity index (χ2v) is 6.49. The predicted octanol–water partition coefficient (Wildman–Crippen LogP) is 3.03. The highest BCUT2D eigenvalue weighted by atomic mass is 79.9. The summed E-state index contributed by atoms with van der Waals surface area (Å²) in [5.41, 5.74) is 1.65. The van der Waals surface area contributed by atoms with Gasteiger partial charge in [0.1, 0.15) is 0 Å². The second-order valence-electron chi connectivity index (χ2n) is 5.19. The number of halogens is 1. The molecule has 0 saturated heterocycles. The highest BCUT2D eigenvalue weighted by molar-refractivity contribution is 9.10. The Morgan fingerprint density at radius 1 is 1.12 bits per heavy atom. The van der Waals surface area contributed by atoms with Crippen molar-refractivity contribution in [2.75, 3.05) is 5.32 Å². The van der Waals surface area contributed by atoms with Crippen molar-refractivity contribution < 1.29 is 4.79 Å². The van der Waals surface area contributed by atoms with Crippen molar-refractivity contribution in [2.24, 2.45) is 5.10 Å². The molecule has 118 valence electrons. The number of nitrogens with zero attached hydrogens (tertiary/aromatic N) is 2. The van der Waals surface area contributed by atoms with E-state index in [1.54, 1.807) is 30.3 Å². The van der Waals surface area contributed by atoms with Gasteiger partial charge in [-0.15, -0.1) is 0 Å². The van der Waals surface area contributed by atoms with Crippen LogP contribution in [0.3, 0.4) is 0 Å². The number of fused-ring (bicyclic) bond motifs is 2. The molecular weight excluding hydrogens is 392 g/mol. The van der Waals surface area contributed by atoms with Crippen LogP contribution in [0.25, 0.3) is 10.9 Å². The van der Waals surface area contributed by atoms with E-state index in [1.807, 2.05) is 12.1 Å². The Hall–Kier alpha value is -2.58. The van der Waals surface area contributed by atoms with Crippen molar-refractivity contribution in [2.45, 2.75) is 0 Å². The van der Waals surface area contributed by atoms with Gasteiger partial charge >= 0.3 is 0 Å². The van der Waals surface area contributed by atoms with E-state index in [2.05, 4.69) is 31.3 Å². The summed E-state index contributed by atoms with van der Waals surface area (Å²) in [4.78, 5) is 27.8. The first-order chi connectivity index (χ1) is 11.5. The molecule has 3 aromatic rings. The molecule has 1 amide bonds. The first-order valence-electron chi connectivity index (χ1n) is 6.99. The van der Waals surface area contributed by atoms with Crippen LogP contribution in [0.1, 0.15) is 5.56 Å². The molecule has 0 unspecified atom stereocenters. The smallest absolute Gasteiger partial charge is 0.282 e. The summed E-state index contributed by atoms with van der Waals surface area (Å²) in [6, 6.07) is 12.4. The largest absolute Gasteiger partial charge is 0.330 e. The first kappa shape index (κ1) is 15.0. The topological polar surface area (TPSA) is 79.2 Å². The summed E-state index contributed by atoms with van der Waals surface area (Å²) in [7, 11) is 0. The molecule has 0 atom stereocenters. The summed E-state index contributed by atoms with van der Waals surface area (Å²) >= 11 is 8.59. The number of H-pyrrole nitrogens is 1. The van der Waals surface area contributed by atoms with Gasteiger partial charge in [0.2, 0.25) is 4.77 Å². The zero-order valence-corrected chi connectivity index (χ0v) is 14.4. The van der Waals surface area contributed by atoms with Gasteiger partial charge in [0.05, 0.1) is 16.6 Å². The van der Waals surface area contributed by atoms with E-state index in [1.165, 1.54) is 0 Å². The molecule has 0 saturated carbocycles. The van der Waals surface area contributed by atoms with Crippen LogP contribution in [0.15, 0.2) is 56.8 Å². The Morgan fingerprint density at radius 2 is 1.92 bits per heavy atom. The molecular formula is C16H9BrN4O2S. The fraction of sp³-hybridized carbons (Fsp3) is 0. The van der Waals surface area contributed by atoms with Crippen molar-refractivity contribution >= 4 is 56.4 Å². The second kappa shape index (κ2) is 5.50. The summed E-state index contributed by atoms with van der Waals surface area (Å²) in [6.07, 6.45) is 0. The number of benzene rings is 2. The van der Waals surface area contributed by atoms with E-state index in [4.69, 9.17) is 12.2 Å². The van der Waals surface area contributed by atoms with Gasteiger partial charge in [0, 0.05) is 10.0 Å². The zero-order valence-electron chi connectivity index (χ0n) is 12.0. The zero-order chi connectivity index (χ0) is 16.8. The molecule has 24 heavy (non-hydrogen) atoms. The molecule has 6 nitrogen and oxygen atoms in total. The molecule has 1 aliphatic heterocycles.